The van der Waals surface area contributed by atoms with Crippen molar-refractivity contribution < 1.29 is 33.5 Å². The molecule has 0 bridgehead atoms. The largest absolute Gasteiger partial charge is 0.373 e. The number of amides is 6. The Bertz CT molecular complexity index is 2290. The van der Waals surface area contributed by atoms with Crippen LogP contribution in [0.25, 0.3) is 0 Å². The van der Waals surface area contributed by atoms with Gasteiger partial charge in [-0.15, -0.1) is 5.10 Å². The molecule has 6 N–H and O–H groups in total. The van der Waals surface area contributed by atoms with Gasteiger partial charge < -0.3 is 46.4 Å². The van der Waals surface area contributed by atoms with Gasteiger partial charge >= 0.3 is 0 Å². The molecule has 2 aromatic carbocycles. The number of carbonyl (C=O) groups is 6. The second kappa shape index (κ2) is 22.8. The van der Waals surface area contributed by atoms with Crippen LogP contribution >= 0.6 is 0 Å². The molecule has 0 saturated carbocycles. The minimum absolute atomic E-state index is 0.0728. The molecule has 5 aliphatic rings. The van der Waals surface area contributed by atoms with Gasteiger partial charge in [-0.05, 0) is 122 Å². The van der Waals surface area contributed by atoms with Crippen molar-refractivity contribution in [1.29, 1.82) is 0 Å². The van der Waals surface area contributed by atoms with Gasteiger partial charge in [-0.1, -0.05) is 72.7 Å². The molecule has 1 aromatic heterocycles. The summed E-state index contributed by atoms with van der Waals surface area (Å²) in [4.78, 5) is 86.6. The Hall–Kier alpha value is -5.72. The highest BCUT2D eigenvalue weighted by atomic mass is 16.5. The Morgan fingerprint density at radius 2 is 1.28 bits per heavy atom. The zero-order valence-corrected chi connectivity index (χ0v) is 40.5. The number of aromatic nitrogens is 3. The van der Waals surface area contributed by atoms with Gasteiger partial charge in [-0.2, -0.15) is 0 Å². The predicted octanol–water partition coefficient (Wildman–Crippen LogP) is 3.05. The van der Waals surface area contributed by atoms with Crippen LogP contribution in [0.3, 0.4) is 0 Å². The van der Waals surface area contributed by atoms with Gasteiger partial charge in [0.05, 0.1) is 49.6 Å². The average Bonchev–Trinajstić information content (AvgIpc) is 4.13. The third-order valence-corrected chi connectivity index (χ3v) is 15.3. The van der Waals surface area contributed by atoms with Gasteiger partial charge in [0.25, 0.3) is 0 Å². The van der Waals surface area contributed by atoms with Gasteiger partial charge in [0.2, 0.25) is 35.4 Å². The maximum absolute atomic E-state index is 14.5. The highest BCUT2D eigenvalue weighted by Crippen LogP contribution is 2.37. The van der Waals surface area contributed by atoms with Crippen molar-refractivity contribution in [3.05, 3.63) is 83.2 Å². The fourth-order valence-corrected chi connectivity index (χ4v) is 11.1. The number of carbonyl (C=O) groups excluding carboxylic acids is 6. The molecular formula is C51H71N11O7. The summed E-state index contributed by atoms with van der Waals surface area (Å²) >= 11 is 0. The second-order valence-electron chi connectivity index (χ2n) is 19.7. The van der Waals surface area contributed by atoms with Crippen LogP contribution < -0.4 is 31.9 Å². The molecule has 8 rings (SSSR count). The zero-order valence-electron chi connectivity index (χ0n) is 40.5. The van der Waals surface area contributed by atoms with E-state index in [0.29, 0.717) is 57.1 Å². The highest BCUT2D eigenvalue weighted by Gasteiger charge is 2.47. The summed E-state index contributed by atoms with van der Waals surface area (Å²) in [6, 6.07) is 12.8. The molecule has 372 valence electrons. The number of likely N-dealkylation sites (N-methyl/N-ethyl adjacent to an activating group) is 2. The Morgan fingerprint density at radius 1 is 0.667 bits per heavy atom. The molecule has 0 radical (unpaired) electrons. The van der Waals surface area contributed by atoms with E-state index in [1.54, 1.807) is 37.7 Å². The number of nitrogens with zero attached hydrogens (tertiary/aromatic N) is 5. The Labute approximate surface area is 405 Å². The smallest absolute Gasteiger partial charge is 0.246 e. The SMILES string of the molecule is CN[C@@H](C)C(=O)N[C@H]1CCCC[C@H]2CC[C@@H](C(=O)N[C@H](COCc3cn([C@@H]4CC[C@H](NC(=O)[C@H](C)NC)C(=O)N5[C@H](CC[C@H]5C(=O)N[C@@H]5CCCc6ccccc65)C4)nn3)c3ccccc3)N2C1=O. The number of benzene rings is 2. The fourth-order valence-electron chi connectivity index (χ4n) is 11.1. The first-order valence-electron chi connectivity index (χ1n) is 25.3. The van der Waals surface area contributed by atoms with Crippen LogP contribution in [-0.2, 0) is 46.5 Å². The Kier molecular flexibility index (Phi) is 16.4. The van der Waals surface area contributed by atoms with E-state index in [2.05, 4.69) is 54.3 Å². The molecule has 18 heteroatoms. The summed E-state index contributed by atoms with van der Waals surface area (Å²) in [6.07, 6.45) is 11.5. The third-order valence-electron chi connectivity index (χ3n) is 15.3. The van der Waals surface area contributed by atoms with Crippen molar-refractivity contribution in [3.8, 4) is 0 Å². The zero-order chi connectivity index (χ0) is 48.6. The summed E-state index contributed by atoms with van der Waals surface area (Å²) in [5.74, 6) is -1.42. The summed E-state index contributed by atoms with van der Waals surface area (Å²) < 4.78 is 8.11. The molecule has 0 spiro atoms. The van der Waals surface area contributed by atoms with Gasteiger partial charge in [0.1, 0.15) is 29.9 Å². The van der Waals surface area contributed by atoms with E-state index in [-0.39, 0.29) is 72.8 Å². The molecule has 4 saturated heterocycles. The molecule has 5 heterocycles. The van der Waals surface area contributed by atoms with E-state index < -0.39 is 42.3 Å². The maximum atomic E-state index is 14.5. The summed E-state index contributed by atoms with van der Waals surface area (Å²) in [6.45, 7) is 3.72. The molecule has 69 heavy (non-hydrogen) atoms. The second-order valence-corrected chi connectivity index (χ2v) is 19.7. The van der Waals surface area contributed by atoms with E-state index in [9.17, 15) is 28.8 Å². The number of rotatable bonds is 16. The lowest BCUT2D eigenvalue weighted by Crippen LogP contribution is -2.58. The van der Waals surface area contributed by atoms with Crippen LogP contribution in [0.5, 0.6) is 0 Å². The van der Waals surface area contributed by atoms with Crippen molar-refractivity contribution in [2.24, 2.45) is 0 Å². The molecule has 11 atom stereocenters. The van der Waals surface area contributed by atoms with E-state index >= 15 is 0 Å². The number of ether oxygens (including phenoxy) is 1. The standard InChI is InChI=1S/C51H71N11O7/c1-31(52-3)46(63)55-41-19-11-9-17-36-22-25-44(61(36)50(41)67)49(66)57-43(34-14-6-5-7-15-34)30-69-29-35-28-60(59-58-35)37-21-24-42(56-47(64)32(2)53-4)51(68)62-38(27-37)23-26-45(62)48(65)54-40-20-12-16-33-13-8-10-18-39(33)40/h5-8,10,13-15,18,28,31-32,36-38,40-45,52-53H,9,11-12,16-17,19-27,29-30H2,1-4H3,(H,54,65)(H,55,63)(H,56,64)(H,57,66)/t31-,32-,36-,37+,38+,40+,41-,42-,43+,44-,45-/m0/s1. The van der Waals surface area contributed by atoms with E-state index in [1.165, 1.54) is 5.56 Å². The lowest BCUT2D eigenvalue weighted by atomic mass is 9.87. The van der Waals surface area contributed by atoms with Crippen molar-refractivity contribution >= 4 is 35.4 Å². The quantitative estimate of drug-likeness (QED) is 0.123. The minimum atomic E-state index is -0.828. The van der Waals surface area contributed by atoms with Crippen LogP contribution in [0.15, 0.2) is 60.8 Å². The molecule has 0 unspecified atom stereocenters. The first-order chi connectivity index (χ1) is 33.4. The van der Waals surface area contributed by atoms with Crippen LogP contribution in [0.4, 0.5) is 0 Å². The van der Waals surface area contributed by atoms with Crippen LogP contribution in [-0.4, -0.2) is 129 Å². The number of fused-ring (bicyclic) bond motifs is 3. The minimum Gasteiger partial charge on any atom is -0.373 e. The Morgan fingerprint density at radius 3 is 2.00 bits per heavy atom. The lowest BCUT2D eigenvalue weighted by Gasteiger charge is -2.38. The van der Waals surface area contributed by atoms with Crippen LogP contribution in [0, 0.1) is 0 Å². The topological polar surface area (TPSA) is 221 Å². The molecule has 4 aliphatic heterocycles. The van der Waals surface area contributed by atoms with Crippen molar-refractivity contribution in [2.45, 2.75) is 177 Å². The highest BCUT2D eigenvalue weighted by molar-refractivity contribution is 5.95. The normalized spacial score (nSPS) is 27.2. The van der Waals surface area contributed by atoms with Crippen molar-refractivity contribution in [2.75, 3.05) is 20.7 Å². The van der Waals surface area contributed by atoms with Crippen molar-refractivity contribution in [3.63, 3.8) is 0 Å². The molecule has 4 fully saturated rings. The summed E-state index contributed by atoms with van der Waals surface area (Å²) in [5.41, 5.74) is 3.80. The third kappa shape index (κ3) is 11.5. The predicted molar refractivity (Wildman–Crippen MR) is 257 cm³/mol. The number of aryl methyl sites for hydroxylation is 1. The van der Waals surface area contributed by atoms with E-state index in [1.807, 2.05) is 53.3 Å². The molecular weight excluding hydrogens is 879 g/mol. The number of nitrogens with one attached hydrogen (secondary N) is 6. The molecule has 1 aliphatic carbocycles. The molecule has 6 amide bonds. The average molecular weight is 950 g/mol. The van der Waals surface area contributed by atoms with Crippen LogP contribution in [0.2, 0.25) is 0 Å². The van der Waals surface area contributed by atoms with E-state index in [0.717, 1.165) is 49.7 Å². The monoisotopic (exact) mass is 950 g/mol. The first kappa shape index (κ1) is 49.7. The molecule has 3 aromatic rings. The lowest BCUT2D eigenvalue weighted by molar-refractivity contribution is -0.145. The number of hydrogen-bond donors (Lipinski definition) is 6. The number of hydrogen-bond acceptors (Lipinski definition) is 11. The summed E-state index contributed by atoms with van der Waals surface area (Å²) in [7, 11) is 3.40. The van der Waals surface area contributed by atoms with Crippen LogP contribution in [0.1, 0.15) is 138 Å². The summed E-state index contributed by atoms with van der Waals surface area (Å²) in [5, 5.41) is 27.4. The van der Waals surface area contributed by atoms with E-state index in [4.69, 9.17) is 4.74 Å². The molecule has 18 nitrogen and oxygen atoms in total. The van der Waals surface area contributed by atoms with Gasteiger partial charge in [0.15, 0.2) is 0 Å². The fraction of sp³-hybridized carbons (Fsp3) is 0.608. The van der Waals surface area contributed by atoms with Gasteiger partial charge in [-0.25, -0.2) is 4.68 Å². The maximum Gasteiger partial charge on any atom is 0.246 e. The van der Waals surface area contributed by atoms with Gasteiger partial charge in [-0.3, -0.25) is 28.8 Å². The van der Waals surface area contributed by atoms with Crippen molar-refractivity contribution in [1.82, 2.24) is 56.7 Å². The Balaban J connectivity index is 0.935. The van der Waals surface area contributed by atoms with Gasteiger partial charge in [0, 0.05) is 12.1 Å². The first-order valence-corrected chi connectivity index (χ1v) is 25.3.